The van der Waals surface area contributed by atoms with Gasteiger partial charge in [0.15, 0.2) is 11.6 Å². The van der Waals surface area contributed by atoms with E-state index in [9.17, 15) is 14.4 Å². The summed E-state index contributed by atoms with van der Waals surface area (Å²) in [6, 6.07) is 0. The van der Waals surface area contributed by atoms with Crippen molar-refractivity contribution in [2.45, 2.75) is 19.4 Å². The molecule has 8 nitrogen and oxygen atoms in total. The first-order valence-corrected chi connectivity index (χ1v) is 3.91. The van der Waals surface area contributed by atoms with Crippen molar-refractivity contribution in [2.24, 2.45) is 0 Å². The number of carbonyl (C=O) groups is 4. The first kappa shape index (κ1) is 16.6. The van der Waals surface area contributed by atoms with E-state index in [1.807, 2.05) is 0 Å². The number of hydrogen-bond donors (Lipinski definition) is 4. The molecule has 16 heavy (non-hydrogen) atoms. The van der Waals surface area contributed by atoms with E-state index in [-0.39, 0.29) is 0 Å². The zero-order valence-corrected chi connectivity index (χ0v) is 8.63. The molecule has 0 aliphatic heterocycles. The Hall–Kier alpha value is -1.80. The van der Waals surface area contributed by atoms with Gasteiger partial charge in [0.1, 0.15) is 6.61 Å². The summed E-state index contributed by atoms with van der Waals surface area (Å²) in [7, 11) is 0. The average molecular weight is 236 g/mol. The van der Waals surface area contributed by atoms with Crippen LogP contribution in [0.2, 0.25) is 0 Å². The standard InChI is InChI=1S/C6H8O5.C2H4O3/c1-3(7)6(11,4(2)8)5(9)10;3-1-2(4)5/h11H,1-2H3,(H,9,10);3H,1H2,(H,4,5). The Morgan fingerprint density at radius 3 is 1.25 bits per heavy atom. The van der Waals surface area contributed by atoms with Crippen molar-refractivity contribution in [3.05, 3.63) is 0 Å². The van der Waals surface area contributed by atoms with E-state index in [1.54, 1.807) is 0 Å². The topological polar surface area (TPSA) is 149 Å². The molecule has 0 spiro atoms. The summed E-state index contributed by atoms with van der Waals surface area (Å²) in [6.45, 7) is 0.908. The molecule has 8 heteroatoms. The molecule has 92 valence electrons. The van der Waals surface area contributed by atoms with E-state index in [0.717, 1.165) is 13.8 Å². The smallest absolute Gasteiger partial charge is 0.351 e. The maximum atomic E-state index is 10.5. The van der Waals surface area contributed by atoms with E-state index < -0.39 is 35.7 Å². The fourth-order valence-electron chi connectivity index (χ4n) is 0.549. The Morgan fingerprint density at radius 2 is 1.25 bits per heavy atom. The molecule has 0 unspecified atom stereocenters. The SMILES string of the molecule is CC(=O)C(O)(C(C)=O)C(=O)O.O=C(O)CO. The highest BCUT2D eigenvalue weighted by Gasteiger charge is 2.46. The van der Waals surface area contributed by atoms with E-state index in [1.165, 1.54) is 0 Å². The molecule has 4 N–H and O–H groups in total. The van der Waals surface area contributed by atoms with Crippen LogP contribution in [0.15, 0.2) is 0 Å². The minimum absolute atomic E-state index is 0.778. The predicted molar refractivity (Wildman–Crippen MR) is 48.7 cm³/mol. The summed E-state index contributed by atoms with van der Waals surface area (Å²) in [4.78, 5) is 40.3. The number of aliphatic hydroxyl groups excluding tert-OH is 1. The number of aliphatic hydroxyl groups is 2. The number of carboxylic acid groups (broad SMARTS) is 2. The van der Waals surface area contributed by atoms with Gasteiger partial charge in [0.05, 0.1) is 0 Å². The minimum atomic E-state index is -2.86. The molecular weight excluding hydrogens is 224 g/mol. The molecule has 0 saturated heterocycles. The Labute approximate surface area is 90.1 Å². The van der Waals surface area contributed by atoms with Gasteiger partial charge < -0.3 is 20.4 Å². The number of ketones is 2. The van der Waals surface area contributed by atoms with Crippen molar-refractivity contribution in [2.75, 3.05) is 6.61 Å². The quantitative estimate of drug-likeness (QED) is 0.411. The highest BCUT2D eigenvalue weighted by molar-refractivity contribution is 6.24. The third-order valence-electron chi connectivity index (χ3n) is 1.46. The van der Waals surface area contributed by atoms with Crippen molar-refractivity contribution in [3.8, 4) is 0 Å². The van der Waals surface area contributed by atoms with Crippen LogP contribution in [-0.4, -0.2) is 56.1 Å². The molecule has 0 radical (unpaired) electrons. The van der Waals surface area contributed by atoms with Crippen LogP contribution >= 0.6 is 0 Å². The second-order valence-electron chi connectivity index (χ2n) is 2.68. The molecule has 0 amide bonds. The van der Waals surface area contributed by atoms with Crippen molar-refractivity contribution in [1.82, 2.24) is 0 Å². The van der Waals surface area contributed by atoms with Crippen molar-refractivity contribution < 1.29 is 39.6 Å². The Bertz CT molecular complexity index is 269. The van der Waals surface area contributed by atoms with Crippen LogP contribution in [0.3, 0.4) is 0 Å². The molecule has 0 aliphatic carbocycles. The molecule has 0 aromatic heterocycles. The second-order valence-corrected chi connectivity index (χ2v) is 2.68. The molecule has 0 aromatic carbocycles. The number of rotatable bonds is 4. The normalized spacial score (nSPS) is 9.75. The van der Waals surface area contributed by atoms with Crippen LogP contribution in [-0.2, 0) is 19.2 Å². The van der Waals surface area contributed by atoms with Gasteiger partial charge in [-0.3, -0.25) is 9.59 Å². The number of carboxylic acids is 2. The molecule has 0 bridgehead atoms. The van der Waals surface area contributed by atoms with Crippen LogP contribution in [0.1, 0.15) is 13.8 Å². The monoisotopic (exact) mass is 236 g/mol. The Balaban J connectivity index is 0. The number of aliphatic carboxylic acids is 2. The van der Waals surface area contributed by atoms with Crippen LogP contribution in [0.25, 0.3) is 0 Å². The van der Waals surface area contributed by atoms with Gasteiger partial charge in [-0.05, 0) is 13.8 Å². The van der Waals surface area contributed by atoms with Gasteiger partial charge in [-0.2, -0.15) is 0 Å². The summed E-state index contributed by atoms with van der Waals surface area (Å²) in [6.07, 6.45) is 0. The Kier molecular flexibility index (Phi) is 6.90. The number of hydrogen-bond acceptors (Lipinski definition) is 6. The minimum Gasteiger partial charge on any atom is -0.480 e. The predicted octanol–water partition coefficient (Wildman–Crippen LogP) is -1.96. The molecule has 0 rings (SSSR count). The summed E-state index contributed by atoms with van der Waals surface area (Å²) in [5.74, 6) is -5.20. The largest absolute Gasteiger partial charge is 0.480 e. The first-order valence-electron chi connectivity index (χ1n) is 3.91. The van der Waals surface area contributed by atoms with E-state index >= 15 is 0 Å². The van der Waals surface area contributed by atoms with Gasteiger partial charge in [-0.1, -0.05) is 0 Å². The third-order valence-corrected chi connectivity index (χ3v) is 1.46. The summed E-state index contributed by atoms with van der Waals surface area (Å²) in [5, 5.41) is 32.2. The van der Waals surface area contributed by atoms with Crippen LogP contribution < -0.4 is 0 Å². The number of Topliss-reactive ketones (excluding diaryl/α,β-unsaturated/α-hetero) is 2. The lowest BCUT2D eigenvalue weighted by atomic mass is 9.95. The highest BCUT2D eigenvalue weighted by Crippen LogP contribution is 2.07. The van der Waals surface area contributed by atoms with Crippen LogP contribution in [0, 0.1) is 0 Å². The molecule has 0 saturated carbocycles. The fraction of sp³-hybridized carbons (Fsp3) is 0.500. The van der Waals surface area contributed by atoms with Crippen LogP contribution in [0.4, 0.5) is 0 Å². The molecule has 0 fully saturated rings. The van der Waals surface area contributed by atoms with Gasteiger partial charge in [-0.15, -0.1) is 0 Å². The van der Waals surface area contributed by atoms with E-state index in [0.29, 0.717) is 0 Å². The summed E-state index contributed by atoms with van der Waals surface area (Å²) < 4.78 is 0. The zero-order valence-electron chi connectivity index (χ0n) is 8.63. The van der Waals surface area contributed by atoms with Gasteiger partial charge in [-0.25, -0.2) is 9.59 Å². The number of carbonyl (C=O) groups excluding carboxylic acids is 2. The van der Waals surface area contributed by atoms with Crippen molar-refractivity contribution >= 4 is 23.5 Å². The van der Waals surface area contributed by atoms with Gasteiger partial charge in [0.25, 0.3) is 5.60 Å². The lowest BCUT2D eigenvalue weighted by molar-refractivity contribution is -0.168. The lowest BCUT2D eigenvalue weighted by Crippen LogP contribution is -2.51. The van der Waals surface area contributed by atoms with Gasteiger partial charge in [0, 0.05) is 0 Å². The maximum Gasteiger partial charge on any atom is 0.351 e. The fourth-order valence-corrected chi connectivity index (χ4v) is 0.549. The van der Waals surface area contributed by atoms with Crippen molar-refractivity contribution in [3.63, 3.8) is 0 Å². The van der Waals surface area contributed by atoms with Crippen molar-refractivity contribution in [1.29, 1.82) is 0 Å². The van der Waals surface area contributed by atoms with E-state index in [2.05, 4.69) is 0 Å². The van der Waals surface area contributed by atoms with Crippen LogP contribution in [0.5, 0.6) is 0 Å². The Morgan fingerprint density at radius 1 is 1.00 bits per heavy atom. The zero-order chi connectivity index (χ0) is 13.5. The maximum absolute atomic E-state index is 10.5. The second kappa shape index (κ2) is 6.64. The third kappa shape index (κ3) is 4.62. The van der Waals surface area contributed by atoms with Gasteiger partial charge >= 0.3 is 11.9 Å². The van der Waals surface area contributed by atoms with E-state index in [4.69, 9.17) is 25.2 Å². The molecule has 0 aliphatic rings. The first-order chi connectivity index (χ1) is 7.10. The molecule has 0 aromatic rings. The summed E-state index contributed by atoms with van der Waals surface area (Å²) in [5.41, 5.74) is -2.86. The summed E-state index contributed by atoms with van der Waals surface area (Å²) >= 11 is 0. The average Bonchev–Trinajstić information content (AvgIpc) is 2.16. The molecule has 0 atom stereocenters. The molecular formula is C8H12O8. The lowest BCUT2D eigenvalue weighted by Gasteiger charge is -2.15. The highest BCUT2D eigenvalue weighted by atomic mass is 16.4. The van der Waals surface area contributed by atoms with Gasteiger partial charge in [0.2, 0.25) is 0 Å². The molecule has 0 heterocycles.